The van der Waals surface area contributed by atoms with E-state index in [0.29, 0.717) is 44.7 Å². The Kier molecular flexibility index (Phi) is 8.59. The van der Waals surface area contributed by atoms with E-state index in [1.165, 1.54) is 18.1 Å². The number of ether oxygens (including phenoxy) is 3. The number of para-hydroxylation sites is 1. The van der Waals surface area contributed by atoms with E-state index in [2.05, 4.69) is 4.74 Å². The topological polar surface area (TPSA) is 85.3 Å². The van der Waals surface area contributed by atoms with Crippen LogP contribution in [0.5, 0.6) is 5.75 Å². The third kappa shape index (κ3) is 6.13. The fraction of sp³-hybridized carbons (Fsp3) is 0.579. The lowest BCUT2D eigenvalue weighted by atomic mass is 9.93. The highest BCUT2D eigenvalue weighted by Crippen LogP contribution is 2.24. The molecule has 0 aliphatic carbocycles. The normalized spacial score (nSPS) is 16.5. The summed E-state index contributed by atoms with van der Waals surface area (Å²) >= 11 is 0. The minimum absolute atomic E-state index is 0.0667. The SMILES string of the molecule is COC(=O)[C@@H](CCCc1ccccc1OC(F)F)[C@@H](O)C(=O)N1CCOCC1. The minimum Gasteiger partial charge on any atom is -0.469 e. The molecule has 1 heterocycles. The number of morpholine rings is 1. The van der Waals surface area contributed by atoms with Crippen LogP contribution in [0.4, 0.5) is 8.78 Å². The molecule has 1 aromatic rings. The Morgan fingerprint density at radius 2 is 1.93 bits per heavy atom. The number of hydrogen-bond acceptors (Lipinski definition) is 6. The smallest absolute Gasteiger partial charge is 0.387 e. The zero-order chi connectivity index (χ0) is 20.5. The molecule has 0 aromatic heterocycles. The van der Waals surface area contributed by atoms with Crippen molar-refractivity contribution in [2.24, 2.45) is 5.92 Å². The lowest BCUT2D eigenvalue weighted by Gasteiger charge is -2.30. The van der Waals surface area contributed by atoms with Crippen LogP contribution in [0, 0.1) is 5.92 Å². The molecule has 156 valence electrons. The number of carbonyl (C=O) groups excluding carboxylic acids is 2. The molecular formula is C19H25F2NO6. The molecule has 0 saturated carbocycles. The number of amides is 1. The third-order valence-electron chi connectivity index (χ3n) is 4.61. The van der Waals surface area contributed by atoms with Crippen LogP contribution in [-0.4, -0.2) is 68.0 Å². The highest BCUT2D eigenvalue weighted by atomic mass is 19.3. The molecule has 28 heavy (non-hydrogen) atoms. The van der Waals surface area contributed by atoms with Gasteiger partial charge in [-0.2, -0.15) is 8.78 Å². The van der Waals surface area contributed by atoms with Gasteiger partial charge < -0.3 is 24.2 Å². The Bertz CT molecular complexity index is 651. The summed E-state index contributed by atoms with van der Waals surface area (Å²) in [6.45, 7) is -1.48. The minimum atomic E-state index is -2.93. The maximum atomic E-state index is 12.5. The summed E-state index contributed by atoms with van der Waals surface area (Å²) in [6.07, 6.45) is -0.656. The van der Waals surface area contributed by atoms with Gasteiger partial charge in [0.1, 0.15) is 11.9 Å². The average molecular weight is 401 g/mol. The fourth-order valence-corrected chi connectivity index (χ4v) is 3.13. The van der Waals surface area contributed by atoms with Crippen LogP contribution in [-0.2, 0) is 25.5 Å². The van der Waals surface area contributed by atoms with E-state index < -0.39 is 30.5 Å². The number of aliphatic hydroxyl groups is 1. The second-order valence-corrected chi connectivity index (χ2v) is 6.39. The summed E-state index contributed by atoms with van der Waals surface area (Å²) in [7, 11) is 1.19. The molecule has 1 aliphatic rings. The van der Waals surface area contributed by atoms with Crippen molar-refractivity contribution in [3.8, 4) is 5.75 Å². The first kappa shape index (κ1) is 22.0. The van der Waals surface area contributed by atoms with Gasteiger partial charge in [-0.3, -0.25) is 9.59 Å². The molecule has 1 aliphatic heterocycles. The van der Waals surface area contributed by atoms with Crippen LogP contribution in [0.15, 0.2) is 24.3 Å². The van der Waals surface area contributed by atoms with Crippen molar-refractivity contribution < 1.29 is 37.7 Å². The van der Waals surface area contributed by atoms with E-state index >= 15 is 0 Å². The van der Waals surface area contributed by atoms with Crippen molar-refractivity contribution in [2.75, 3.05) is 33.4 Å². The van der Waals surface area contributed by atoms with Crippen LogP contribution >= 0.6 is 0 Å². The van der Waals surface area contributed by atoms with Crippen molar-refractivity contribution in [3.05, 3.63) is 29.8 Å². The molecule has 1 saturated heterocycles. The molecule has 0 spiro atoms. The number of carbonyl (C=O) groups is 2. The van der Waals surface area contributed by atoms with Gasteiger partial charge in [-0.25, -0.2) is 0 Å². The molecule has 0 radical (unpaired) electrons. The van der Waals surface area contributed by atoms with Crippen LogP contribution in [0.1, 0.15) is 18.4 Å². The standard InChI is InChI=1S/C19H25F2NO6/c1-26-18(25)14(16(23)17(24)22-9-11-27-12-10-22)7-4-6-13-5-2-3-8-15(13)28-19(20)21/h2-3,5,8,14,16,19,23H,4,6-7,9-12H2,1H3/t14-,16+/m0/s1. The molecule has 1 amide bonds. The molecule has 0 bridgehead atoms. The molecule has 2 rings (SSSR count). The first-order chi connectivity index (χ1) is 13.4. The van der Waals surface area contributed by atoms with Gasteiger partial charge in [-0.05, 0) is 30.9 Å². The fourth-order valence-electron chi connectivity index (χ4n) is 3.13. The number of aryl methyl sites for hydroxylation is 1. The van der Waals surface area contributed by atoms with Gasteiger partial charge in [0.25, 0.3) is 5.91 Å². The zero-order valence-electron chi connectivity index (χ0n) is 15.7. The molecule has 9 heteroatoms. The van der Waals surface area contributed by atoms with Crippen LogP contribution in [0.25, 0.3) is 0 Å². The van der Waals surface area contributed by atoms with Crippen molar-refractivity contribution in [1.29, 1.82) is 0 Å². The first-order valence-electron chi connectivity index (χ1n) is 9.09. The van der Waals surface area contributed by atoms with E-state index in [4.69, 9.17) is 9.47 Å². The summed E-state index contributed by atoms with van der Waals surface area (Å²) in [5.41, 5.74) is 0.556. The first-order valence-corrected chi connectivity index (χ1v) is 9.09. The number of hydrogen-bond donors (Lipinski definition) is 1. The number of halogens is 2. The Morgan fingerprint density at radius 1 is 1.25 bits per heavy atom. The number of esters is 1. The Hall–Kier alpha value is -2.26. The van der Waals surface area contributed by atoms with E-state index in [9.17, 15) is 23.5 Å². The molecule has 7 nitrogen and oxygen atoms in total. The Morgan fingerprint density at radius 3 is 2.57 bits per heavy atom. The second kappa shape index (κ2) is 10.9. The van der Waals surface area contributed by atoms with Crippen LogP contribution in [0.2, 0.25) is 0 Å². The number of benzene rings is 1. The predicted octanol–water partition coefficient (Wildman–Crippen LogP) is 1.62. The molecule has 2 atom stereocenters. The molecule has 0 unspecified atom stereocenters. The van der Waals surface area contributed by atoms with E-state index in [0.717, 1.165) is 0 Å². The Labute approximate surface area is 162 Å². The number of rotatable bonds is 9. The zero-order valence-corrected chi connectivity index (χ0v) is 15.7. The van der Waals surface area contributed by atoms with Crippen molar-refractivity contribution in [1.82, 2.24) is 4.90 Å². The molecular weight excluding hydrogens is 376 g/mol. The van der Waals surface area contributed by atoms with Crippen molar-refractivity contribution in [2.45, 2.75) is 32.0 Å². The van der Waals surface area contributed by atoms with E-state index in [1.54, 1.807) is 18.2 Å². The molecule has 1 aromatic carbocycles. The van der Waals surface area contributed by atoms with Crippen molar-refractivity contribution in [3.63, 3.8) is 0 Å². The van der Waals surface area contributed by atoms with Crippen LogP contribution < -0.4 is 4.74 Å². The summed E-state index contributed by atoms with van der Waals surface area (Å²) < 4.78 is 39.4. The summed E-state index contributed by atoms with van der Waals surface area (Å²) in [4.78, 5) is 26.0. The lowest BCUT2D eigenvalue weighted by molar-refractivity contribution is -0.159. The highest BCUT2D eigenvalue weighted by Gasteiger charge is 2.35. The number of methoxy groups -OCH3 is 1. The van der Waals surface area contributed by atoms with E-state index in [1.807, 2.05) is 0 Å². The molecule has 1 N–H and O–H groups in total. The maximum absolute atomic E-state index is 12.5. The van der Waals surface area contributed by atoms with Gasteiger partial charge in [0.15, 0.2) is 0 Å². The second-order valence-electron chi connectivity index (χ2n) is 6.39. The van der Waals surface area contributed by atoms with E-state index in [-0.39, 0.29) is 12.2 Å². The number of aliphatic hydroxyl groups excluding tert-OH is 1. The monoisotopic (exact) mass is 401 g/mol. The number of nitrogens with zero attached hydrogens (tertiary/aromatic N) is 1. The van der Waals surface area contributed by atoms with Gasteiger partial charge in [-0.15, -0.1) is 0 Å². The summed E-state index contributed by atoms with van der Waals surface area (Å²) in [6, 6.07) is 6.38. The average Bonchev–Trinajstić information content (AvgIpc) is 2.71. The van der Waals surface area contributed by atoms with Gasteiger partial charge in [0.05, 0.1) is 26.2 Å². The van der Waals surface area contributed by atoms with Crippen LogP contribution in [0.3, 0.4) is 0 Å². The summed E-state index contributed by atoms with van der Waals surface area (Å²) in [5, 5.41) is 10.4. The van der Waals surface area contributed by atoms with Gasteiger partial charge >= 0.3 is 12.6 Å². The van der Waals surface area contributed by atoms with Crippen molar-refractivity contribution >= 4 is 11.9 Å². The van der Waals surface area contributed by atoms with Gasteiger partial charge in [-0.1, -0.05) is 18.2 Å². The third-order valence-corrected chi connectivity index (χ3v) is 4.61. The highest BCUT2D eigenvalue weighted by molar-refractivity contribution is 5.87. The van der Waals surface area contributed by atoms with Gasteiger partial charge in [0, 0.05) is 13.1 Å². The maximum Gasteiger partial charge on any atom is 0.387 e. The summed E-state index contributed by atoms with van der Waals surface area (Å²) in [5.74, 6) is -2.20. The number of alkyl halides is 2. The van der Waals surface area contributed by atoms with Gasteiger partial charge in [0.2, 0.25) is 0 Å². The predicted molar refractivity (Wildman–Crippen MR) is 94.9 cm³/mol. The lowest BCUT2D eigenvalue weighted by Crippen LogP contribution is -2.49. The molecule has 1 fully saturated rings. The largest absolute Gasteiger partial charge is 0.469 e. The Balaban J connectivity index is 1.99. The quantitative estimate of drug-likeness (QED) is 0.633.